The van der Waals surface area contributed by atoms with E-state index < -0.39 is 5.76 Å². The summed E-state index contributed by atoms with van der Waals surface area (Å²) < 4.78 is 24.9. The van der Waals surface area contributed by atoms with Crippen molar-refractivity contribution >= 4 is 17.4 Å². The minimum Gasteiger partial charge on any atom is -0.381 e. The maximum Gasteiger partial charge on any atom is 0.288 e. The second-order valence-electron chi connectivity index (χ2n) is 4.80. The number of thioether (sulfide) groups is 1. The van der Waals surface area contributed by atoms with Crippen LogP contribution in [0.1, 0.15) is 32.6 Å². The summed E-state index contributed by atoms with van der Waals surface area (Å²) in [5, 5.41) is 3.42. The standard InChI is InChI=1S/C14H19F2NS/c1-2-10-7-8-11(9-10)17-12-5-3-4-6-13(12)18-14(15)16/h3-6,10-11,14,17H,2,7-9H2,1H3. The Hall–Kier alpha value is -0.770. The molecule has 0 saturated heterocycles. The molecule has 4 heteroatoms. The molecule has 1 aliphatic carbocycles. The fourth-order valence-corrected chi connectivity index (χ4v) is 3.18. The Morgan fingerprint density at radius 1 is 1.33 bits per heavy atom. The molecule has 0 heterocycles. The van der Waals surface area contributed by atoms with Crippen LogP contribution >= 0.6 is 11.8 Å². The van der Waals surface area contributed by atoms with Crippen molar-refractivity contribution in [3.63, 3.8) is 0 Å². The van der Waals surface area contributed by atoms with Crippen molar-refractivity contribution in [3.8, 4) is 0 Å². The van der Waals surface area contributed by atoms with Crippen LogP contribution in [0.25, 0.3) is 0 Å². The fraction of sp³-hybridized carbons (Fsp3) is 0.571. The molecule has 0 spiro atoms. The molecule has 2 atom stereocenters. The minimum atomic E-state index is -2.36. The van der Waals surface area contributed by atoms with E-state index in [1.54, 1.807) is 12.1 Å². The number of alkyl halides is 2. The Morgan fingerprint density at radius 2 is 2.11 bits per heavy atom. The van der Waals surface area contributed by atoms with Gasteiger partial charge in [-0.1, -0.05) is 37.2 Å². The van der Waals surface area contributed by atoms with Crippen LogP contribution in [-0.2, 0) is 0 Å². The summed E-state index contributed by atoms with van der Waals surface area (Å²) in [6.45, 7) is 2.22. The molecule has 1 aromatic carbocycles. The van der Waals surface area contributed by atoms with E-state index in [0.29, 0.717) is 22.7 Å². The maximum atomic E-state index is 12.5. The number of halogens is 2. The summed E-state index contributed by atoms with van der Waals surface area (Å²) in [7, 11) is 0. The highest BCUT2D eigenvalue weighted by atomic mass is 32.2. The van der Waals surface area contributed by atoms with Crippen LogP contribution in [0.4, 0.5) is 14.5 Å². The average molecular weight is 271 g/mol. The second kappa shape index (κ2) is 6.41. The van der Waals surface area contributed by atoms with Gasteiger partial charge in [-0.2, -0.15) is 8.78 Å². The smallest absolute Gasteiger partial charge is 0.288 e. The van der Waals surface area contributed by atoms with E-state index in [1.165, 1.54) is 12.8 Å². The van der Waals surface area contributed by atoms with Crippen molar-refractivity contribution in [1.82, 2.24) is 0 Å². The molecule has 1 fully saturated rings. The average Bonchev–Trinajstić information content (AvgIpc) is 2.79. The zero-order chi connectivity index (χ0) is 13.0. The highest BCUT2D eigenvalue weighted by Crippen LogP contribution is 2.35. The summed E-state index contributed by atoms with van der Waals surface area (Å²) in [5.41, 5.74) is 0.851. The normalized spacial score (nSPS) is 23.6. The lowest BCUT2D eigenvalue weighted by molar-refractivity contribution is 0.252. The van der Waals surface area contributed by atoms with Gasteiger partial charge < -0.3 is 5.32 Å². The van der Waals surface area contributed by atoms with E-state index in [2.05, 4.69) is 12.2 Å². The predicted molar refractivity (Wildman–Crippen MR) is 73.3 cm³/mol. The molecule has 1 saturated carbocycles. The number of nitrogens with one attached hydrogen (secondary N) is 1. The third kappa shape index (κ3) is 3.61. The molecular formula is C14H19F2NS. The molecule has 18 heavy (non-hydrogen) atoms. The van der Waals surface area contributed by atoms with Gasteiger partial charge in [0.2, 0.25) is 0 Å². The summed E-state index contributed by atoms with van der Waals surface area (Å²) >= 11 is 0.619. The molecule has 0 aliphatic heterocycles. The molecule has 0 bridgehead atoms. The van der Waals surface area contributed by atoms with E-state index in [4.69, 9.17) is 0 Å². The first-order chi connectivity index (χ1) is 8.69. The lowest BCUT2D eigenvalue weighted by atomic mass is 10.1. The van der Waals surface area contributed by atoms with E-state index in [0.717, 1.165) is 24.4 Å². The largest absolute Gasteiger partial charge is 0.381 e. The zero-order valence-electron chi connectivity index (χ0n) is 10.5. The van der Waals surface area contributed by atoms with Crippen LogP contribution in [0.15, 0.2) is 29.2 Å². The zero-order valence-corrected chi connectivity index (χ0v) is 11.4. The Labute approximate surface area is 111 Å². The number of hydrogen-bond acceptors (Lipinski definition) is 2. The Kier molecular flexibility index (Phi) is 4.87. The molecule has 0 radical (unpaired) electrons. The van der Waals surface area contributed by atoms with Gasteiger partial charge >= 0.3 is 0 Å². The van der Waals surface area contributed by atoms with Gasteiger partial charge in [-0.15, -0.1) is 0 Å². The monoisotopic (exact) mass is 271 g/mol. The van der Waals surface area contributed by atoms with Gasteiger partial charge in [0.05, 0.1) is 0 Å². The van der Waals surface area contributed by atoms with Crippen molar-refractivity contribution < 1.29 is 8.78 Å². The SMILES string of the molecule is CCC1CCC(Nc2ccccc2SC(F)F)C1. The number of hydrogen-bond donors (Lipinski definition) is 1. The maximum absolute atomic E-state index is 12.5. The number of rotatable bonds is 5. The second-order valence-corrected chi connectivity index (χ2v) is 5.84. The third-order valence-corrected chi connectivity index (χ3v) is 4.37. The van der Waals surface area contributed by atoms with E-state index >= 15 is 0 Å². The number of para-hydroxylation sites is 1. The number of anilines is 1. The summed E-state index contributed by atoms with van der Waals surface area (Å²) in [4.78, 5) is 0.646. The van der Waals surface area contributed by atoms with Gasteiger partial charge in [-0.25, -0.2) is 0 Å². The predicted octanol–water partition coefficient (Wildman–Crippen LogP) is 4.99. The molecule has 1 aromatic rings. The van der Waals surface area contributed by atoms with Crippen LogP contribution in [0.3, 0.4) is 0 Å². The van der Waals surface area contributed by atoms with Crippen LogP contribution < -0.4 is 5.32 Å². The summed E-state index contributed by atoms with van der Waals surface area (Å²) in [6.07, 6.45) is 4.76. The van der Waals surface area contributed by atoms with Crippen LogP contribution in [0.2, 0.25) is 0 Å². The number of benzene rings is 1. The van der Waals surface area contributed by atoms with Crippen LogP contribution in [0, 0.1) is 5.92 Å². The minimum absolute atomic E-state index is 0.439. The first-order valence-electron chi connectivity index (χ1n) is 6.49. The van der Waals surface area contributed by atoms with Gasteiger partial charge in [0, 0.05) is 16.6 Å². The summed E-state index contributed by atoms with van der Waals surface area (Å²) in [6, 6.07) is 7.79. The van der Waals surface area contributed by atoms with Crippen molar-refractivity contribution in [3.05, 3.63) is 24.3 Å². The van der Waals surface area contributed by atoms with Crippen molar-refractivity contribution in [2.24, 2.45) is 5.92 Å². The van der Waals surface area contributed by atoms with Gasteiger partial charge in [-0.3, -0.25) is 0 Å². The molecule has 1 aliphatic rings. The van der Waals surface area contributed by atoms with Crippen molar-refractivity contribution in [2.75, 3.05) is 5.32 Å². The molecule has 2 rings (SSSR count). The van der Waals surface area contributed by atoms with E-state index in [9.17, 15) is 8.78 Å². The van der Waals surface area contributed by atoms with Crippen LogP contribution in [-0.4, -0.2) is 11.8 Å². The molecule has 1 nitrogen and oxygen atoms in total. The fourth-order valence-electron chi connectivity index (χ4n) is 2.58. The lowest BCUT2D eigenvalue weighted by Gasteiger charge is -2.17. The molecule has 1 N–H and O–H groups in total. The first-order valence-corrected chi connectivity index (χ1v) is 7.37. The van der Waals surface area contributed by atoms with Gasteiger partial charge in [0.25, 0.3) is 5.76 Å². The first kappa shape index (κ1) is 13.7. The summed E-state index contributed by atoms with van der Waals surface area (Å²) in [5.74, 6) is -1.57. The van der Waals surface area contributed by atoms with Crippen LogP contribution in [0.5, 0.6) is 0 Å². The Morgan fingerprint density at radius 3 is 2.78 bits per heavy atom. The molecular weight excluding hydrogens is 252 g/mol. The topological polar surface area (TPSA) is 12.0 Å². The highest BCUT2D eigenvalue weighted by molar-refractivity contribution is 7.99. The Balaban J connectivity index is 2.00. The quantitative estimate of drug-likeness (QED) is 0.757. The molecule has 0 aromatic heterocycles. The van der Waals surface area contributed by atoms with Gasteiger partial charge in [-0.05, 0) is 37.3 Å². The van der Waals surface area contributed by atoms with Crippen molar-refractivity contribution in [2.45, 2.75) is 49.3 Å². The van der Waals surface area contributed by atoms with Gasteiger partial charge in [0.1, 0.15) is 0 Å². The molecule has 0 amide bonds. The molecule has 2 unspecified atom stereocenters. The third-order valence-electron chi connectivity index (χ3n) is 3.58. The van der Waals surface area contributed by atoms with E-state index in [1.807, 2.05) is 12.1 Å². The van der Waals surface area contributed by atoms with Crippen molar-refractivity contribution in [1.29, 1.82) is 0 Å². The van der Waals surface area contributed by atoms with Gasteiger partial charge in [0.15, 0.2) is 0 Å². The lowest BCUT2D eigenvalue weighted by Crippen LogP contribution is -2.16. The molecule has 100 valence electrons. The Bertz CT molecular complexity index is 384. The highest BCUT2D eigenvalue weighted by Gasteiger charge is 2.23. The van der Waals surface area contributed by atoms with E-state index in [-0.39, 0.29) is 0 Å².